The Bertz CT molecular complexity index is 679. The molecule has 3 rings (SSSR count). The standard InChI is InChI=1S/C22H34N4O2.HI/c1-3-23-22(25(2)13-14-28-17-18-10-11-18)24-15-19-7-4-5-8-20(19)16-26-12-6-9-21(26)27;/h4-5,7-8,18H,3,6,9-17H2,1-2H3,(H,23,24);1H. The summed E-state index contributed by atoms with van der Waals surface area (Å²) < 4.78 is 5.76. The number of halogens is 1. The fraction of sp³-hybridized carbons (Fsp3) is 0.636. The van der Waals surface area contributed by atoms with E-state index >= 15 is 0 Å². The number of carbonyl (C=O) groups is 1. The third-order valence-electron chi connectivity index (χ3n) is 5.37. The largest absolute Gasteiger partial charge is 0.379 e. The molecule has 29 heavy (non-hydrogen) atoms. The third-order valence-corrected chi connectivity index (χ3v) is 5.37. The van der Waals surface area contributed by atoms with Gasteiger partial charge in [-0.3, -0.25) is 4.79 Å². The highest BCUT2D eigenvalue weighted by Crippen LogP contribution is 2.28. The van der Waals surface area contributed by atoms with Crippen LogP contribution in [-0.2, 0) is 22.6 Å². The number of likely N-dealkylation sites (tertiary alicyclic amines) is 1. The minimum absolute atomic E-state index is 0. The van der Waals surface area contributed by atoms with Gasteiger partial charge in [0.15, 0.2) is 5.96 Å². The van der Waals surface area contributed by atoms with E-state index in [0.717, 1.165) is 51.1 Å². The molecule has 1 aliphatic carbocycles. The van der Waals surface area contributed by atoms with Gasteiger partial charge in [-0.05, 0) is 43.2 Å². The molecule has 0 bridgehead atoms. The van der Waals surface area contributed by atoms with E-state index in [0.29, 0.717) is 19.5 Å². The van der Waals surface area contributed by atoms with E-state index in [9.17, 15) is 4.79 Å². The first kappa shape index (κ1) is 23.9. The fourth-order valence-corrected chi connectivity index (χ4v) is 3.41. The van der Waals surface area contributed by atoms with Crippen LogP contribution >= 0.6 is 24.0 Å². The topological polar surface area (TPSA) is 57.2 Å². The molecule has 2 aliphatic rings. The number of aliphatic imine (C=N–C) groups is 1. The summed E-state index contributed by atoms with van der Waals surface area (Å²) in [6, 6.07) is 8.31. The monoisotopic (exact) mass is 514 g/mol. The fourth-order valence-electron chi connectivity index (χ4n) is 3.41. The lowest BCUT2D eigenvalue weighted by Gasteiger charge is -2.22. The van der Waals surface area contributed by atoms with Crippen molar-refractivity contribution in [3.63, 3.8) is 0 Å². The Labute approximate surface area is 192 Å². The molecule has 1 N–H and O–H groups in total. The van der Waals surface area contributed by atoms with Crippen LogP contribution in [0.25, 0.3) is 0 Å². The molecule has 1 aromatic rings. The van der Waals surface area contributed by atoms with Crippen molar-refractivity contribution in [1.82, 2.24) is 15.1 Å². The maximum atomic E-state index is 12.0. The van der Waals surface area contributed by atoms with Crippen molar-refractivity contribution in [2.45, 2.75) is 45.7 Å². The molecule has 7 heteroatoms. The van der Waals surface area contributed by atoms with Crippen LogP contribution in [0.2, 0.25) is 0 Å². The van der Waals surface area contributed by atoms with E-state index in [1.807, 2.05) is 17.0 Å². The Morgan fingerprint density at radius 1 is 1.31 bits per heavy atom. The van der Waals surface area contributed by atoms with Crippen LogP contribution in [0.15, 0.2) is 29.3 Å². The van der Waals surface area contributed by atoms with E-state index < -0.39 is 0 Å². The van der Waals surface area contributed by atoms with Crippen LogP contribution in [0.5, 0.6) is 0 Å². The van der Waals surface area contributed by atoms with Crippen LogP contribution in [0.1, 0.15) is 43.7 Å². The molecule has 0 radical (unpaired) electrons. The second-order valence-electron chi connectivity index (χ2n) is 7.80. The molecular formula is C22H35IN4O2. The molecule has 0 unspecified atom stereocenters. The predicted octanol–water partition coefficient (Wildman–Crippen LogP) is 3.25. The first-order valence-electron chi connectivity index (χ1n) is 10.6. The molecule has 1 heterocycles. The van der Waals surface area contributed by atoms with Gasteiger partial charge in [0.1, 0.15) is 0 Å². The number of likely N-dealkylation sites (N-methyl/N-ethyl adjacent to an activating group) is 1. The molecule has 0 atom stereocenters. The number of hydrogen-bond donors (Lipinski definition) is 1. The van der Waals surface area contributed by atoms with Crippen molar-refractivity contribution in [2.75, 3.05) is 39.9 Å². The highest BCUT2D eigenvalue weighted by molar-refractivity contribution is 14.0. The number of carbonyl (C=O) groups excluding carboxylic acids is 1. The second kappa shape index (κ2) is 12.4. The Morgan fingerprint density at radius 2 is 2.07 bits per heavy atom. The van der Waals surface area contributed by atoms with Gasteiger partial charge >= 0.3 is 0 Å². The van der Waals surface area contributed by atoms with Gasteiger partial charge in [-0.1, -0.05) is 24.3 Å². The maximum Gasteiger partial charge on any atom is 0.222 e. The van der Waals surface area contributed by atoms with Crippen molar-refractivity contribution in [2.24, 2.45) is 10.9 Å². The van der Waals surface area contributed by atoms with Gasteiger partial charge < -0.3 is 19.9 Å². The van der Waals surface area contributed by atoms with Crippen molar-refractivity contribution < 1.29 is 9.53 Å². The zero-order valence-corrected chi connectivity index (χ0v) is 20.1. The van der Waals surface area contributed by atoms with Crippen LogP contribution < -0.4 is 5.32 Å². The Balaban J connectivity index is 0.00000300. The summed E-state index contributed by atoms with van der Waals surface area (Å²) in [5.74, 6) is 1.95. The van der Waals surface area contributed by atoms with Gasteiger partial charge in [0.2, 0.25) is 5.91 Å². The van der Waals surface area contributed by atoms with E-state index in [1.54, 1.807) is 0 Å². The smallest absolute Gasteiger partial charge is 0.222 e. The third kappa shape index (κ3) is 7.77. The van der Waals surface area contributed by atoms with Crippen LogP contribution in [-0.4, -0.2) is 61.6 Å². The Hall–Kier alpha value is -1.35. The summed E-state index contributed by atoms with van der Waals surface area (Å²) in [7, 11) is 2.05. The molecule has 1 aromatic carbocycles. The van der Waals surface area contributed by atoms with E-state index in [1.165, 1.54) is 24.0 Å². The summed E-state index contributed by atoms with van der Waals surface area (Å²) in [4.78, 5) is 20.9. The first-order chi connectivity index (χ1) is 13.7. The highest BCUT2D eigenvalue weighted by atomic mass is 127. The summed E-state index contributed by atoms with van der Waals surface area (Å²) in [6.45, 7) is 7.51. The quantitative estimate of drug-likeness (QED) is 0.226. The van der Waals surface area contributed by atoms with Crippen LogP contribution in [0.3, 0.4) is 0 Å². The van der Waals surface area contributed by atoms with E-state index in [2.05, 4.69) is 36.3 Å². The van der Waals surface area contributed by atoms with Gasteiger partial charge in [0, 0.05) is 46.3 Å². The summed E-state index contributed by atoms with van der Waals surface area (Å²) in [5.41, 5.74) is 2.36. The number of ether oxygens (including phenoxy) is 1. The van der Waals surface area contributed by atoms with Gasteiger partial charge in [-0.25, -0.2) is 4.99 Å². The van der Waals surface area contributed by atoms with E-state index in [4.69, 9.17) is 9.73 Å². The van der Waals surface area contributed by atoms with Crippen molar-refractivity contribution >= 4 is 35.8 Å². The highest BCUT2D eigenvalue weighted by Gasteiger charge is 2.22. The molecule has 0 aromatic heterocycles. The minimum atomic E-state index is 0. The maximum absolute atomic E-state index is 12.0. The van der Waals surface area contributed by atoms with Crippen molar-refractivity contribution in [3.05, 3.63) is 35.4 Å². The van der Waals surface area contributed by atoms with Gasteiger partial charge in [0.25, 0.3) is 0 Å². The Kier molecular flexibility index (Phi) is 10.2. The zero-order chi connectivity index (χ0) is 19.8. The first-order valence-corrected chi connectivity index (χ1v) is 10.6. The lowest BCUT2D eigenvalue weighted by molar-refractivity contribution is -0.128. The predicted molar refractivity (Wildman–Crippen MR) is 127 cm³/mol. The number of rotatable bonds is 10. The average molecular weight is 514 g/mol. The van der Waals surface area contributed by atoms with Crippen molar-refractivity contribution in [1.29, 1.82) is 0 Å². The minimum Gasteiger partial charge on any atom is -0.379 e. The number of amides is 1. The molecule has 0 spiro atoms. The number of guanidine groups is 1. The second-order valence-corrected chi connectivity index (χ2v) is 7.80. The zero-order valence-electron chi connectivity index (χ0n) is 17.7. The molecule has 1 aliphatic heterocycles. The SMILES string of the molecule is CCNC(=NCc1ccccc1CN1CCCC1=O)N(C)CCOCC1CC1.I. The van der Waals surface area contributed by atoms with Gasteiger partial charge in [0.05, 0.1) is 13.2 Å². The lowest BCUT2D eigenvalue weighted by atomic mass is 10.1. The van der Waals surface area contributed by atoms with Gasteiger partial charge in [-0.15, -0.1) is 24.0 Å². The molecule has 1 saturated carbocycles. The van der Waals surface area contributed by atoms with Crippen LogP contribution in [0.4, 0.5) is 0 Å². The number of nitrogens with zero attached hydrogens (tertiary/aromatic N) is 3. The normalized spacial score (nSPS) is 16.7. The molecule has 1 amide bonds. The molecular weight excluding hydrogens is 479 g/mol. The summed E-state index contributed by atoms with van der Waals surface area (Å²) >= 11 is 0. The van der Waals surface area contributed by atoms with Crippen LogP contribution in [0, 0.1) is 5.92 Å². The van der Waals surface area contributed by atoms with Gasteiger partial charge in [-0.2, -0.15) is 0 Å². The molecule has 1 saturated heterocycles. The molecule has 6 nitrogen and oxygen atoms in total. The van der Waals surface area contributed by atoms with Crippen molar-refractivity contribution in [3.8, 4) is 0 Å². The Morgan fingerprint density at radius 3 is 2.72 bits per heavy atom. The molecule has 162 valence electrons. The number of benzene rings is 1. The summed E-state index contributed by atoms with van der Waals surface area (Å²) in [5, 5.41) is 3.37. The lowest BCUT2D eigenvalue weighted by Crippen LogP contribution is -2.40. The van der Waals surface area contributed by atoms with E-state index in [-0.39, 0.29) is 29.9 Å². The number of nitrogens with one attached hydrogen (secondary N) is 1. The molecule has 2 fully saturated rings. The average Bonchev–Trinajstić information content (AvgIpc) is 3.44. The number of hydrogen-bond acceptors (Lipinski definition) is 3. The summed E-state index contributed by atoms with van der Waals surface area (Å²) in [6.07, 6.45) is 4.29.